The SMILES string of the molecule is CC(C)c1ccc(NC(=S)NNC(=O)CN2CCSC2=O)cc1. The Morgan fingerprint density at radius 2 is 2.00 bits per heavy atom. The number of nitrogens with zero attached hydrogens (tertiary/aromatic N) is 1. The summed E-state index contributed by atoms with van der Waals surface area (Å²) in [6.45, 7) is 4.90. The number of anilines is 1. The van der Waals surface area contributed by atoms with E-state index in [1.165, 1.54) is 22.2 Å². The highest BCUT2D eigenvalue weighted by atomic mass is 32.2. The van der Waals surface area contributed by atoms with Gasteiger partial charge in [-0.1, -0.05) is 37.7 Å². The molecule has 124 valence electrons. The van der Waals surface area contributed by atoms with Crippen LogP contribution in [-0.2, 0) is 4.79 Å². The summed E-state index contributed by atoms with van der Waals surface area (Å²) in [6, 6.07) is 7.94. The number of carbonyl (C=O) groups excluding carboxylic acids is 2. The van der Waals surface area contributed by atoms with Crippen LogP contribution in [0.4, 0.5) is 10.5 Å². The second-order valence-corrected chi connectivity index (χ2v) is 6.89. The van der Waals surface area contributed by atoms with E-state index in [2.05, 4.69) is 30.0 Å². The number of rotatable bonds is 4. The van der Waals surface area contributed by atoms with Gasteiger partial charge in [-0.2, -0.15) is 0 Å². The lowest BCUT2D eigenvalue weighted by Gasteiger charge is -2.16. The predicted molar refractivity (Wildman–Crippen MR) is 97.5 cm³/mol. The highest BCUT2D eigenvalue weighted by Crippen LogP contribution is 2.17. The number of hydrogen-bond donors (Lipinski definition) is 3. The molecule has 2 amide bonds. The molecule has 1 aliphatic rings. The Labute approximate surface area is 145 Å². The summed E-state index contributed by atoms with van der Waals surface area (Å²) < 4.78 is 0. The zero-order valence-electron chi connectivity index (χ0n) is 13.1. The lowest BCUT2D eigenvalue weighted by molar-refractivity contribution is -0.122. The van der Waals surface area contributed by atoms with Crippen LogP contribution in [0.25, 0.3) is 0 Å². The molecule has 0 aliphatic carbocycles. The third kappa shape index (κ3) is 5.40. The maximum absolute atomic E-state index is 11.8. The second-order valence-electron chi connectivity index (χ2n) is 5.44. The minimum absolute atomic E-state index is 0.0323. The van der Waals surface area contributed by atoms with Crippen molar-refractivity contribution in [1.82, 2.24) is 15.8 Å². The normalized spacial score (nSPS) is 14.0. The van der Waals surface area contributed by atoms with Gasteiger partial charge >= 0.3 is 0 Å². The fraction of sp³-hybridized carbons (Fsp3) is 0.400. The van der Waals surface area contributed by atoms with Gasteiger partial charge in [-0.3, -0.25) is 20.4 Å². The summed E-state index contributed by atoms with van der Waals surface area (Å²) in [5, 5.41) is 3.21. The molecule has 0 radical (unpaired) electrons. The molecule has 8 heteroatoms. The van der Waals surface area contributed by atoms with Crippen LogP contribution in [0.5, 0.6) is 0 Å². The molecule has 1 aliphatic heterocycles. The van der Waals surface area contributed by atoms with Crippen LogP contribution in [-0.4, -0.2) is 40.0 Å². The van der Waals surface area contributed by atoms with Gasteiger partial charge in [-0.05, 0) is 35.8 Å². The molecule has 1 saturated heterocycles. The summed E-state index contributed by atoms with van der Waals surface area (Å²) >= 11 is 6.35. The first-order valence-electron chi connectivity index (χ1n) is 7.33. The van der Waals surface area contributed by atoms with Crippen molar-refractivity contribution in [2.45, 2.75) is 19.8 Å². The number of amides is 2. The topological polar surface area (TPSA) is 73.5 Å². The molecule has 1 heterocycles. The molecular formula is C15H20N4O2S2. The molecule has 1 aromatic rings. The van der Waals surface area contributed by atoms with E-state index in [4.69, 9.17) is 12.2 Å². The maximum atomic E-state index is 11.8. The minimum atomic E-state index is -0.305. The molecule has 0 unspecified atom stereocenters. The quantitative estimate of drug-likeness (QED) is 0.570. The maximum Gasteiger partial charge on any atom is 0.282 e. The number of carbonyl (C=O) groups is 2. The fourth-order valence-electron chi connectivity index (χ4n) is 2.02. The number of thiocarbonyl (C=S) groups is 1. The predicted octanol–water partition coefficient (Wildman–Crippen LogP) is 2.30. The number of nitrogens with one attached hydrogen (secondary N) is 3. The highest BCUT2D eigenvalue weighted by molar-refractivity contribution is 8.13. The molecule has 6 nitrogen and oxygen atoms in total. The van der Waals surface area contributed by atoms with Crippen LogP contribution in [0.1, 0.15) is 25.3 Å². The number of hydrogen-bond acceptors (Lipinski definition) is 4. The summed E-state index contributed by atoms with van der Waals surface area (Å²) in [5.41, 5.74) is 7.20. The fourth-order valence-corrected chi connectivity index (χ4v) is 3.02. The van der Waals surface area contributed by atoms with Crippen molar-refractivity contribution in [3.63, 3.8) is 0 Å². The molecular weight excluding hydrogens is 332 g/mol. The Kier molecular flexibility index (Phi) is 6.23. The minimum Gasteiger partial charge on any atom is -0.331 e. The Hall–Kier alpha value is -1.80. The van der Waals surface area contributed by atoms with Gasteiger partial charge in [0.05, 0.1) is 0 Å². The zero-order chi connectivity index (χ0) is 16.8. The van der Waals surface area contributed by atoms with Crippen LogP contribution in [0.15, 0.2) is 24.3 Å². The smallest absolute Gasteiger partial charge is 0.282 e. The van der Waals surface area contributed by atoms with Gasteiger partial charge in [0.2, 0.25) is 0 Å². The van der Waals surface area contributed by atoms with Crippen LogP contribution < -0.4 is 16.2 Å². The van der Waals surface area contributed by atoms with E-state index in [1.807, 2.05) is 24.3 Å². The highest BCUT2D eigenvalue weighted by Gasteiger charge is 2.23. The molecule has 0 bridgehead atoms. The van der Waals surface area contributed by atoms with Crippen molar-refractivity contribution in [2.75, 3.05) is 24.2 Å². The van der Waals surface area contributed by atoms with Crippen molar-refractivity contribution in [3.8, 4) is 0 Å². The summed E-state index contributed by atoms with van der Waals surface area (Å²) in [4.78, 5) is 24.7. The summed E-state index contributed by atoms with van der Waals surface area (Å²) in [5.74, 6) is 0.895. The van der Waals surface area contributed by atoms with Crippen molar-refractivity contribution < 1.29 is 9.59 Å². The van der Waals surface area contributed by atoms with E-state index in [0.717, 1.165) is 11.4 Å². The molecule has 0 spiro atoms. The third-order valence-corrected chi connectivity index (χ3v) is 4.43. The van der Waals surface area contributed by atoms with E-state index < -0.39 is 0 Å². The molecule has 0 saturated carbocycles. The van der Waals surface area contributed by atoms with Gasteiger partial charge in [0.1, 0.15) is 6.54 Å². The summed E-state index contributed by atoms with van der Waals surface area (Å²) in [6.07, 6.45) is 0. The standard InChI is InChI=1S/C15H20N4O2S2/c1-10(2)11-3-5-12(6-4-11)16-14(22)18-17-13(20)9-19-7-8-23-15(19)21/h3-6,10H,7-9H2,1-2H3,(H,17,20)(H2,16,18,22). The Bertz CT molecular complexity index is 590. The van der Waals surface area contributed by atoms with E-state index in [1.54, 1.807) is 0 Å². The van der Waals surface area contributed by atoms with Gasteiger partial charge in [0, 0.05) is 18.0 Å². The van der Waals surface area contributed by atoms with Crippen molar-refractivity contribution >= 4 is 45.9 Å². The Morgan fingerprint density at radius 3 is 2.57 bits per heavy atom. The van der Waals surface area contributed by atoms with Gasteiger partial charge in [0.25, 0.3) is 11.1 Å². The van der Waals surface area contributed by atoms with Gasteiger partial charge in [-0.15, -0.1) is 0 Å². The number of thioether (sulfide) groups is 1. The van der Waals surface area contributed by atoms with E-state index >= 15 is 0 Å². The van der Waals surface area contributed by atoms with Gasteiger partial charge in [0.15, 0.2) is 5.11 Å². The molecule has 3 N–H and O–H groups in total. The van der Waals surface area contributed by atoms with Gasteiger partial charge in [-0.25, -0.2) is 0 Å². The van der Waals surface area contributed by atoms with Crippen molar-refractivity contribution in [3.05, 3.63) is 29.8 Å². The first kappa shape index (κ1) is 17.6. The van der Waals surface area contributed by atoms with Crippen molar-refractivity contribution in [2.24, 2.45) is 0 Å². The van der Waals surface area contributed by atoms with Crippen LogP contribution in [0, 0.1) is 0 Å². The zero-order valence-corrected chi connectivity index (χ0v) is 14.7. The largest absolute Gasteiger partial charge is 0.331 e. The average Bonchev–Trinajstić information content (AvgIpc) is 2.91. The molecule has 0 aromatic heterocycles. The lowest BCUT2D eigenvalue weighted by atomic mass is 10.0. The molecule has 1 aromatic carbocycles. The molecule has 2 rings (SSSR count). The Balaban J connectivity index is 1.74. The first-order chi connectivity index (χ1) is 11.0. The molecule has 0 atom stereocenters. The van der Waals surface area contributed by atoms with Crippen LogP contribution in [0.2, 0.25) is 0 Å². The number of benzene rings is 1. The van der Waals surface area contributed by atoms with Crippen LogP contribution >= 0.6 is 24.0 Å². The lowest BCUT2D eigenvalue weighted by Crippen LogP contribution is -2.47. The second kappa shape index (κ2) is 8.16. The molecule has 23 heavy (non-hydrogen) atoms. The first-order valence-corrected chi connectivity index (χ1v) is 8.72. The van der Waals surface area contributed by atoms with E-state index in [0.29, 0.717) is 12.5 Å². The van der Waals surface area contributed by atoms with E-state index in [9.17, 15) is 9.59 Å². The monoisotopic (exact) mass is 352 g/mol. The van der Waals surface area contributed by atoms with Crippen LogP contribution in [0.3, 0.4) is 0 Å². The van der Waals surface area contributed by atoms with Gasteiger partial charge < -0.3 is 10.2 Å². The van der Waals surface area contributed by atoms with E-state index in [-0.39, 0.29) is 22.8 Å². The third-order valence-electron chi connectivity index (χ3n) is 3.33. The number of hydrazine groups is 1. The van der Waals surface area contributed by atoms with Crippen molar-refractivity contribution in [1.29, 1.82) is 0 Å². The molecule has 1 fully saturated rings. The summed E-state index contributed by atoms with van der Waals surface area (Å²) in [7, 11) is 0. The average molecular weight is 352 g/mol. The Morgan fingerprint density at radius 1 is 1.30 bits per heavy atom.